The molecule has 0 nitrogen and oxygen atoms in total. The van der Waals surface area contributed by atoms with Crippen LogP contribution < -0.4 is 0 Å². The molecule has 0 N–H and O–H groups in total. The molecular weight excluding hydrogens is 269 g/mol. The van der Waals surface area contributed by atoms with Crippen molar-refractivity contribution in [3.8, 4) is 0 Å². The predicted molar refractivity (Wildman–Crippen MR) is 30.4 cm³/mol. The van der Waals surface area contributed by atoms with Crippen LogP contribution in [0, 0.1) is 0 Å². The van der Waals surface area contributed by atoms with Crippen LogP contribution in [0.3, 0.4) is 0 Å². The van der Waals surface area contributed by atoms with Crippen LogP contribution in [-0.4, -0.2) is 26.0 Å². The third kappa shape index (κ3) is 0.976. The molecule has 1 aliphatic heterocycles. The first-order valence-electron chi connectivity index (χ1n) is 2.07. The van der Waals surface area contributed by atoms with Gasteiger partial charge in [-0.3, -0.25) is 0 Å². The van der Waals surface area contributed by atoms with E-state index in [1.165, 1.54) is 4.13 Å². The van der Waals surface area contributed by atoms with Gasteiger partial charge in [0.15, 0.2) is 0 Å². The van der Waals surface area contributed by atoms with E-state index in [2.05, 4.69) is 19.1 Å². The molecule has 1 rings (SSSR count). The van der Waals surface area contributed by atoms with Gasteiger partial charge in [-0.25, -0.2) is 0 Å². The van der Waals surface area contributed by atoms with Crippen LogP contribution >= 0.6 is 0 Å². The van der Waals surface area contributed by atoms with E-state index in [-0.39, 0.29) is 22.8 Å². The quantitative estimate of drug-likeness (QED) is 0.576. The summed E-state index contributed by atoms with van der Waals surface area (Å²) in [5.74, 6) is 0. The molecular formula is C5H7Bi. The molecule has 32 valence electrons. The van der Waals surface area contributed by atoms with Gasteiger partial charge in [0, 0.05) is 0 Å². The molecule has 0 bridgehead atoms. The summed E-state index contributed by atoms with van der Waals surface area (Å²) in [5.41, 5.74) is 0. The monoisotopic (exact) mass is 276 g/mol. The molecule has 0 spiro atoms. The SMILES string of the molecule is C[C]1=[Bi][CH2]C=C1. The van der Waals surface area contributed by atoms with Crippen LogP contribution in [0.4, 0.5) is 0 Å². The standard InChI is InChI=1S/C5H7.Bi/c1-3-5-4-2;/h3,5H,1H2,2H3;. The van der Waals surface area contributed by atoms with Crippen LogP contribution in [0.5, 0.6) is 0 Å². The average molecular weight is 276 g/mol. The van der Waals surface area contributed by atoms with Gasteiger partial charge in [0.1, 0.15) is 0 Å². The van der Waals surface area contributed by atoms with Crippen molar-refractivity contribution in [3.05, 3.63) is 12.2 Å². The van der Waals surface area contributed by atoms with Crippen LogP contribution in [0.1, 0.15) is 6.92 Å². The van der Waals surface area contributed by atoms with Crippen LogP contribution in [-0.2, 0) is 0 Å². The number of rotatable bonds is 0. The molecule has 6 heavy (non-hydrogen) atoms. The Hall–Kier alpha value is 0.493. The second kappa shape index (κ2) is 1.98. The fourth-order valence-corrected chi connectivity index (χ4v) is 3.23. The molecule has 0 aromatic carbocycles. The van der Waals surface area contributed by atoms with Gasteiger partial charge in [-0.1, -0.05) is 0 Å². The van der Waals surface area contributed by atoms with E-state index in [1.54, 1.807) is 3.21 Å². The van der Waals surface area contributed by atoms with Crippen LogP contribution in [0.15, 0.2) is 12.2 Å². The Balaban J connectivity index is 2.68. The van der Waals surface area contributed by atoms with Crippen LogP contribution in [0.25, 0.3) is 0 Å². The van der Waals surface area contributed by atoms with Gasteiger partial charge in [0.05, 0.1) is 0 Å². The Morgan fingerprint density at radius 3 is 2.83 bits per heavy atom. The molecule has 0 unspecified atom stereocenters. The van der Waals surface area contributed by atoms with Crippen molar-refractivity contribution in [2.45, 2.75) is 11.1 Å². The van der Waals surface area contributed by atoms with Gasteiger partial charge >= 0.3 is 49.2 Å². The van der Waals surface area contributed by atoms with Gasteiger partial charge in [-0.2, -0.15) is 0 Å². The molecule has 1 aliphatic rings. The second-order valence-electron chi connectivity index (χ2n) is 1.38. The second-order valence-corrected chi connectivity index (χ2v) is 6.78. The molecule has 1 heteroatoms. The van der Waals surface area contributed by atoms with E-state index >= 15 is 0 Å². The van der Waals surface area contributed by atoms with E-state index < -0.39 is 0 Å². The van der Waals surface area contributed by atoms with Gasteiger partial charge in [0.25, 0.3) is 0 Å². The van der Waals surface area contributed by atoms with Crippen molar-refractivity contribution in [3.63, 3.8) is 0 Å². The predicted octanol–water partition coefficient (Wildman–Crippen LogP) is 0.871. The zero-order chi connectivity index (χ0) is 4.41. The molecule has 0 fully saturated rings. The first-order valence-corrected chi connectivity index (χ1v) is 6.27. The van der Waals surface area contributed by atoms with Crippen molar-refractivity contribution in [1.82, 2.24) is 0 Å². The summed E-state index contributed by atoms with van der Waals surface area (Å²) < 4.78 is 3.15. The summed E-state index contributed by atoms with van der Waals surface area (Å²) in [6.45, 7) is 2.25. The summed E-state index contributed by atoms with van der Waals surface area (Å²) in [6.07, 6.45) is 4.57. The van der Waals surface area contributed by atoms with E-state index in [9.17, 15) is 0 Å². The van der Waals surface area contributed by atoms with E-state index in [0.717, 1.165) is 0 Å². The molecule has 0 amide bonds. The normalized spacial score (nSPS) is 18.5. The van der Waals surface area contributed by atoms with Crippen LogP contribution in [0.2, 0.25) is 4.13 Å². The third-order valence-corrected chi connectivity index (χ3v) is 4.85. The molecule has 0 atom stereocenters. The van der Waals surface area contributed by atoms with E-state index in [4.69, 9.17) is 0 Å². The van der Waals surface area contributed by atoms with Gasteiger partial charge in [-0.05, 0) is 0 Å². The Bertz CT molecular complexity index is 97.8. The fraction of sp³-hybridized carbons (Fsp3) is 0.400. The molecule has 0 saturated heterocycles. The molecule has 0 saturated carbocycles. The summed E-state index contributed by atoms with van der Waals surface area (Å²) in [5, 5.41) is 0. The summed E-state index contributed by atoms with van der Waals surface area (Å²) in [6, 6.07) is 0. The molecule has 0 aromatic rings. The Kier molecular flexibility index (Phi) is 1.53. The van der Waals surface area contributed by atoms with Crippen molar-refractivity contribution in [2.24, 2.45) is 0 Å². The number of allylic oxidation sites excluding steroid dienone is 2. The first-order chi connectivity index (χ1) is 2.89. The maximum atomic E-state index is 2.30. The average Bonchev–Trinajstić information content (AvgIpc) is 1.86. The Morgan fingerprint density at radius 2 is 2.67 bits per heavy atom. The summed E-state index contributed by atoms with van der Waals surface area (Å²) in [4.78, 5) is 0. The Morgan fingerprint density at radius 1 is 1.83 bits per heavy atom. The van der Waals surface area contributed by atoms with Gasteiger partial charge in [0.2, 0.25) is 0 Å². The molecule has 0 aliphatic carbocycles. The van der Waals surface area contributed by atoms with Crippen molar-refractivity contribution >= 4 is 26.0 Å². The molecule has 1 heterocycles. The van der Waals surface area contributed by atoms with Crippen molar-refractivity contribution in [2.75, 3.05) is 0 Å². The summed E-state index contributed by atoms with van der Waals surface area (Å²) >= 11 is -0.0324. The van der Waals surface area contributed by atoms with E-state index in [0.29, 0.717) is 0 Å². The zero-order valence-corrected chi connectivity index (χ0v) is 7.29. The summed E-state index contributed by atoms with van der Waals surface area (Å²) in [7, 11) is 0. The Labute approximate surface area is 49.3 Å². The minimum absolute atomic E-state index is 0.0324. The molecule has 0 radical (unpaired) electrons. The third-order valence-electron chi connectivity index (χ3n) is 0.805. The van der Waals surface area contributed by atoms with Gasteiger partial charge in [-0.15, -0.1) is 0 Å². The fourth-order valence-electron chi connectivity index (χ4n) is 0.473. The maximum absolute atomic E-state index is 2.30. The first kappa shape index (κ1) is 4.65. The number of hydrogen-bond acceptors (Lipinski definition) is 0. The van der Waals surface area contributed by atoms with Crippen molar-refractivity contribution in [1.29, 1.82) is 0 Å². The minimum atomic E-state index is -0.0324. The van der Waals surface area contributed by atoms with Crippen molar-refractivity contribution < 1.29 is 0 Å². The number of hydrogen-bond donors (Lipinski definition) is 0. The topological polar surface area (TPSA) is 0 Å². The van der Waals surface area contributed by atoms with E-state index in [1.807, 2.05) is 0 Å². The van der Waals surface area contributed by atoms with Gasteiger partial charge < -0.3 is 0 Å². The zero-order valence-electron chi connectivity index (χ0n) is 3.81. The molecule has 0 aromatic heterocycles.